The molecular weight excluding hydrogens is 560 g/mol. The van der Waals surface area contributed by atoms with Crippen LogP contribution in [0.3, 0.4) is 0 Å². The summed E-state index contributed by atoms with van der Waals surface area (Å²) in [7, 11) is 0. The molecular formula is C26H30BrClN6O3. The number of hydrogen-bond donors (Lipinski definition) is 1. The van der Waals surface area contributed by atoms with E-state index in [4.69, 9.17) is 16.3 Å². The summed E-state index contributed by atoms with van der Waals surface area (Å²) in [6.45, 7) is 8.97. The van der Waals surface area contributed by atoms with Crippen molar-refractivity contribution in [1.82, 2.24) is 29.8 Å². The summed E-state index contributed by atoms with van der Waals surface area (Å²) in [6, 6.07) is 5.91. The Morgan fingerprint density at radius 3 is 2.81 bits per heavy atom. The van der Waals surface area contributed by atoms with Crippen LogP contribution in [0.2, 0.25) is 5.02 Å². The number of fused-ring (bicyclic) bond motifs is 3. The molecule has 6 rings (SSSR count). The molecule has 2 atom stereocenters. The van der Waals surface area contributed by atoms with Crippen LogP contribution in [0.25, 0.3) is 11.0 Å². The van der Waals surface area contributed by atoms with Crippen molar-refractivity contribution < 1.29 is 14.6 Å². The number of piperazine rings is 1. The number of likely N-dealkylation sites (tertiary alicyclic amines) is 2. The highest BCUT2D eigenvalue weighted by atomic mass is 79.9. The monoisotopic (exact) mass is 588 g/mol. The van der Waals surface area contributed by atoms with Gasteiger partial charge in [-0.05, 0) is 64.7 Å². The van der Waals surface area contributed by atoms with Gasteiger partial charge in [-0.2, -0.15) is 0 Å². The molecule has 11 heteroatoms. The van der Waals surface area contributed by atoms with Crippen LogP contribution < -0.4 is 4.74 Å². The third kappa shape index (κ3) is 4.27. The van der Waals surface area contributed by atoms with E-state index in [1.54, 1.807) is 11.1 Å². The van der Waals surface area contributed by atoms with Crippen molar-refractivity contribution in [1.29, 1.82) is 0 Å². The second-order valence-electron chi connectivity index (χ2n) is 11.6. The summed E-state index contributed by atoms with van der Waals surface area (Å²) in [4.78, 5) is 20.5. The van der Waals surface area contributed by atoms with Crippen LogP contribution in [0.15, 0.2) is 28.9 Å². The van der Waals surface area contributed by atoms with Gasteiger partial charge in [0.1, 0.15) is 11.3 Å². The highest BCUT2D eigenvalue weighted by molar-refractivity contribution is 9.10. The topological polar surface area (TPSA) is 96.6 Å². The van der Waals surface area contributed by atoms with Crippen molar-refractivity contribution in [2.45, 2.75) is 64.7 Å². The number of nitrogens with zero attached hydrogens (tertiary/aromatic N) is 6. The van der Waals surface area contributed by atoms with Gasteiger partial charge in [0, 0.05) is 44.0 Å². The fourth-order valence-electron chi connectivity index (χ4n) is 5.95. The summed E-state index contributed by atoms with van der Waals surface area (Å²) in [6.07, 6.45) is 4.04. The maximum atomic E-state index is 12.0. The average molecular weight is 590 g/mol. The second kappa shape index (κ2) is 8.81. The summed E-state index contributed by atoms with van der Waals surface area (Å²) >= 11 is 10.0. The molecule has 2 aliphatic heterocycles. The number of rotatable bonds is 6. The number of hydrogen-bond acceptors (Lipinski definition) is 6. The van der Waals surface area contributed by atoms with E-state index in [2.05, 4.69) is 56.9 Å². The van der Waals surface area contributed by atoms with Crippen LogP contribution in [0.4, 0.5) is 4.79 Å². The van der Waals surface area contributed by atoms with E-state index in [9.17, 15) is 9.90 Å². The van der Waals surface area contributed by atoms with E-state index in [1.165, 1.54) is 12.8 Å². The predicted molar refractivity (Wildman–Crippen MR) is 143 cm³/mol. The number of amides is 1. The van der Waals surface area contributed by atoms with Gasteiger partial charge in [0.2, 0.25) is 5.88 Å². The fraction of sp³-hybridized carbons (Fsp3) is 0.538. The van der Waals surface area contributed by atoms with E-state index >= 15 is 0 Å². The number of ether oxygens (including phenoxy) is 1. The Morgan fingerprint density at radius 2 is 2.11 bits per heavy atom. The van der Waals surface area contributed by atoms with Gasteiger partial charge >= 0.3 is 6.09 Å². The molecule has 1 saturated carbocycles. The normalized spacial score (nSPS) is 23.8. The van der Waals surface area contributed by atoms with Crippen LogP contribution in [0, 0.1) is 11.3 Å². The molecule has 0 radical (unpaired) electrons. The Morgan fingerprint density at radius 1 is 1.32 bits per heavy atom. The molecule has 1 aromatic carbocycles. The number of carbonyl (C=O) groups is 1. The maximum absolute atomic E-state index is 12.0. The van der Waals surface area contributed by atoms with Crippen molar-refractivity contribution in [3.63, 3.8) is 0 Å². The van der Waals surface area contributed by atoms with Crippen molar-refractivity contribution in [3.8, 4) is 11.6 Å². The van der Waals surface area contributed by atoms with Gasteiger partial charge in [-0.25, -0.2) is 14.5 Å². The minimum atomic E-state index is -0.847. The molecule has 2 aromatic heterocycles. The van der Waals surface area contributed by atoms with Crippen LogP contribution in [-0.4, -0.2) is 65.6 Å². The Balaban J connectivity index is 1.27. The van der Waals surface area contributed by atoms with Gasteiger partial charge < -0.3 is 9.84 Å². The zero-order valence-electron chi connectivity index (χ0n) is 21.1. The Kier molecular flexibility index (Phi) is 5.93. The largest absolute Gasteiger partial charge is 0.465 e. The molecule has 37 heavy (non-hydrogen) atoms. The lowest BCUT2D eigenvalue weighted by molar-refractivity contribution is 0.000756. The Bertz CT molecular complexity index is 1390. The van der Waals surface area contributed by atoms with Crippen molar-refractivity contribution in [3.05, 3.63) is 39.5 Å². The standard InChI is InChI=1S/C26H30BrClN6O3/c1-25(2,3)26-9-18(13-33(26)24(35)36)32(14-26)12-16-8-17(28)10-29-23(16)37-20-7-6-19-22(21(20)27)30-31-34(19)11-15-4-5-15/h6-8,10,15,18H,4-5,9,11-14H2,1-3H3,(H,35,36)/t18-,26+/m0/s1. The van der Waals surface area contributed by atoms with E-state index in [0.717, 1.165) is 34.0 Å². The number of carboxylic acid groups (broad SMARTS) is 1. The van der Waals surface area contributed by atoms with E-state index < -0.39 is 11.6 Å². The Hall–Kier alpha value is -2.43. The molecule has 196 valence electrons. The summed E-state index contributed by atoms with van der Waals surface area (Å²) in [5.74, 6) is 1.77. The first-order valence-corrected chi connectivity index (χ1v) is 13.8. The lowest BCUT2D eigenvalue weighted by atomic mass is 9.73. The number of halogens is 2. The first-order chi connectivity index (χ1) is 17.6. The molecule has 1 aliphatic carbocycles. The third-order valence-corrected chi connectivity index (χ3v) is 9.25. The van der Waals surface area contributed by atoms with Crippen LogP contribution in [-0.2, 0) is 13.1 Å². The minimum Gasteiger partial charge on any atom is -0.465 e. The summed E-state index contributed by atoms with van der Waals surface area (Å²) in [5, 5.41) is 19.1. The van der Waals surface area contributed by atoms with Crippen molar-refractivity contribution in [2.75, 3.05) is 13.1 Å². The third-order valence-electron chi connectivity index (χ3n) is 8.28. The number of pyridine rings is 1. The molecule has 9 nitrogen and oxygen atoms in total. The molecule has 0 unspecified atom stereocenters. The van der Waals surface area contributed by atoms with Gasteiger partial charge in [0.25, 0.3) is 0 Å². The lowest BCUT2D eigenvalue weighted by Gasteiger charge is -2.48. The number of aromatic nitrogens is 4. The molecule has 3 aliphatic rings. The molecule has 3 fully saturated rings. The Labute approximate surface area is 228 Å². The second-order valence-corrected chi connectivity index (χ2v) is 12.8. The summed E-state index contributed by atoms with van der Waals surface area (Å²) < 4.78 is 9.02. The van der Waals surface area contributed by atoms with Crippen LogP contribution >= 0.6 is 27.5 Å². The molecule has 2 bridgehead atoms. The van der Waals surface area contributed by atoms with Crippen LogP contribution in [0.5, 0.6) is 11.6 Å². The minimum absolute atomic E-state index is 0.131. The smallest absolute Gasteiger partial charge is 0.407 e. The van der Waals surface area contributed by atoms with Gasteiger partial charge in [-0.3, -0.25) is 9.80 Å². The molecule has 1 amide bonds. The maximum Gasteiger partial charge on any atom is 0.407 e. The average Bonchev–Trinajstić information content (AvgIpc) is 3.25. The predicted octanol–water partition coefficient (Wildman–Crippen LogP) is 5.80. The molecule has 4 heterocycles. The highest BCUT2D eigenvalue weighted by Gasteiger charge is 2.61. The van der Waals surface area contributed by atoms with Crippen molar-refractivity contribution >= 4 is 44.7 Å². The zero-order valence-corrected chi connectivity index (χ0v) is 23.5. The quantitative estimate of drug-likeness (QED) is 0.388. The van der Waals surface area contributed by atoms with Crippen molar-refractivity contribution in [2.24, 2.45) is 11.3 Å². The fourth-order valence-corrected chi connectivity index (χ4v) is 6.62. The molecule has 2 saturated heterocycles. The molecule has 1 N–H and O–H groups in total. The number of benzene rings is 1. The first kappa shape index (κ1) is 24.9. The SMILES string of the molecule is CC(C)(C)[C@]12C[C@@H](CN1C(=O)O)N(Cc1cc(Cl)cnc1Oc1ccc3c(nnn3CC3CC3)c1Br)C2. The van der Waals surface area contributed by atoms with Gasteiger partial charge in [0.15, 0.2) is 0 Å². The van der Waals surface area contributed by atoms with Gasteiger partial charge in [-0.1, -0.05) is 37.6 Å². The zero-order chi connectivity index (χ0) is 26.1. The molecule has 0 spiro atoms. The lowest BCUT2D eigenvalue weighted by Crippen LogP contribution is -2.61. The summed E-state index contributed by atoms with van der Waals surface area (Å²) in [5.41, 5.74) is 1.95. The van der Waals surface area contributed by atoms with Crippen LogP contribution in [0.1, 0.15) is 45.6 Å². The molecule has 3 aromatic rings. The highest BCUT2D eigenvalue weighted by Crippen LogP contribution is 2.51. The van der Waals surface area contributed by atoms with Gasteiger partial charge in [0.05, 0.1) is 20.6 Å². The van der Waals surface area contributed by atoms with E-state index in [1.807, 2.05) is 22.9 Å². The van der Waals surface area contributed by atoms with E-state index in [0.29, 0.717) is 42.2 Å². The first-order valence-electron chi connectivity index (χ1n) is 12.6. The van der Waals surface area contributed by atoms with E-state index in [-0.39, 0.29) is 11.5 Å². The van der Waals surface area contributed by atoms with Gasteiger partial charge in [-0.15, -0.1) is 5.10 Å².